The first kappa shape index (κ1) is 22.4. The van der Waals surface area contributed by atoms with Gasteiger partial charge in [-0.2, -0.15) is 0 Å². The summed E-state index contributed by atoms with van der Waals surface area (Å²) in [6, 6.07) is 15.3. The van der Waals surface area contributed by atoms with E-state index in [2.05, 4.69) is 10.6 Å². The fourth-order valence-electron chi connectivity index (χ4n) is 3.01. The van der Waals surface area contributed by atoms with Crippen LogP contribution in [0.15, 0.2) is 59.4 Å². The zero-order chi connectivity index (χ0) is 22.4. The molecule has 2 amide bonds. The number of carbonyl (C=O) groups excluding carboxylic acids is 2. The van der Waals surface area contributed by atoms with Gasteiger partial charge in [0.05, 0.1) is 22.9 Å². The van der Waals surface area contributed by atoms with Crippen molar-refractivity contribution in [3.05, 3.63) is 82.0 Å². The Hall–Kier alpha value is -3.33. The number of amides is 2. The van der Waals surface area contributed by atoms with E-state index in [-0.39, 0.29) is 46.9 Å². The van der Waals surface area contributed by atoms with Crippen LogP contribution in [0.4, 0.5) is 10.1 Å². The van der Waals surface area contributed by atoms with Crippen LogP contribution in [0, 0.1) is 12.7 Å². The van der Waals surface area contributed by atoms with Gasteiger partial charge >= 0.3 is 0 Å². The van der Waals surface area contributed by atoms with E-state index < -0.39 is 0 Å². The molecule has 0 fully saturated rings. The molecule has 1 heterocycles. The molecule has 2 N–H and O–H groups in total. The molecule has 0 aliphatic rings. The van der Waals surface area contributed by atoms with Crippen molar-refractivity contribution in [3.63, 3.8) is 0 Å². The number of benzene rings is 2. The molecule has 7 nitrogen and oxygen atoms in total. The molecule has 2 aromatic carbocycles. The van der Waals surface area contributed by atoms with Crippen molar-refractivity contribution < 1.29 is 14.0 Å². The molecule has 3 rings (SSSR count). The lowest BCUT2D eigenvalue weighted by atomic mass is 10.2. The predicted octanol–water partition coefficient (Wildman–Crippen LogP) is 2.61. The summed E-state index contributed by atoms with van der Waals surface area (Å²) in [6.07, 6.45) is 0. The van der Waals surface area contributed by atoms with Crippen LogP contribution in [0.1, 0.15) is 11.3 Å². The molecule has 0 saturated carbocycles. The summed E-state index contributed by atoms with van der Waals surface area (Å²) in [5, 5.41) is 5.28. The Bertz CT molecular complexity index is 1140. The number of rotatable bonds is 8. The predicted molar refractivity (Wildman–Crippen MR) is 120 cm³/mol. The number of hydrogen-bond donors (Lipinski definition) is 2. The number of nitrogens with zero attached hydrogens (tertiary/aromatic N) is 2. The maximum absolute atomic E-state index is 13.6. The highest BCUT2D eigenvalue weighted by molar-refractivity contribution is 8.00. The van der Waals surface area contributed by atoms with E-state index in [1.54, 1.807) is 36.9 Å². The lowest BCUT2D eigenvalue weighted by Crippen LogP contribution is -2.26. The third kappa shape index (κ3) is 5.43. The Morgan fingerprint density at radius 3 is 2.35 bits per heavy atom. The lowest BCUT2D eigenvalue weighted by molar-refractivity contribution is -0.118. The molecule has 0 bridgehead atoms. The SMILES string of the molecule is Cc1c(NC(=O)CSCC(=O)NCc2ccccc2F)c(=O)n(-c2ccccc2)n1C. The van der Waals surface area contributed by atoms with Crippen molar-refractivity contribution in [2.45, 2.75) is 13.5 Å². The quantitative estimate of drug-likeness (QED) is 0.562. The normalized spacial score (nSPS) is 10.7. The van der Waals surface area contributed by atoms with Crippen molar-refractivity contribution in [2.24, 2.45) is 7.05 Å². The van der Waals surface area contributed by atoms with Gasteiger partial charge in [0.2, 0.25) is 11.8 Å². The lowest BCUT2D eigenvalue weighted by Gasteiger charge is -2.07. The molecule has 31 heavy (non-hydrogen) atoms. The Kier molecular flexibility index (Phi) is 7.30. The van der Waals surface area contributed by atoms with Crippen LogP contribution in [-0.4, -0.2) is 32.7 Å². The minimum absolute atomic E-state index is 0.00618. The van der Waals surface area contributed by atoms with Crippen LogP contribution in [0.25, 0.3) is 5.69 Å². The first-order chi connectivity index (χ1) is 14.9. The van der Waals surface area contributed by atoms with Gasteiger partial charge in [-0.05, 0) is 25.1 Å². The fraction of sp³-hybridized carbons (Fsp3) is 0.227. The number of carbonyl (C=O) groups is 2. The molecule has 0 aliphatic heterocycles. The van der Waals surface area contributed by atoms with Crippen LogP contribution in [-0.2, 0) is 23.2 Å². The highest BCUT2D eigenvalue weighted by atomic mass is 32.2. The molecule has 0 aliphatic carbocycles. The number of thioether (sulfide) groups is 1. The van der Waals surface area contributed by atoms with Gasteiger partial charge in [-0.1, -0.05) is 36.4 Å². The Morgan fingerprint density at radius 1 is 1.00 bits per heavy atom. The van der Waals surface area contributed by atoms with Gasteiger partial charge in [0.15, 0.2) is 0 Å². The molecular formula is C22H23FN4O3S. The smallest absolute Gasteiger partial charge is 0.295 e. The van der Waals surface area contributed by atoms with E-state index in [9.17, 15) is 18.8 Å². The Balaban J connectivity index is 1.53. The number of halogens is 1. The third-order valence-electron chi connectivity index (χ3n) is 4.72. The van der Waals surface area contributed by atoms with Gasteiger partial charge in [0.1, 0.15) is 11.5 Å². The average Bonchev–Trinajstić information content (AvgIpc) is 2.97. The monoisotopic (exact) mass is 442 g/mol. The second kappa shape index (κ2) is 10.1. The van der Waals surface area contributed by atoms with E-state index in [4.69, 9.17) is 0 Å². The number of hydrogen-bond acceptors (Lipinski definition) is 4. The number of nitrogens with one attached hydrogen (secondary N) is 2. The van der Waals surface area contributed by atoms with Gasteiger partial charge < -0.3 is 10.6 Å². The van der Waals surface area contributed by atoms with Crippen LogP contribution < -0.4 is 16.2 Å². The second-order valence-corrected chi connectivity index (χ2v) is 7.83. The summed E-state index contributed by atoms with van der Waals surface area (Å²) in [7, 11) is 1.74. The van der Waals surface area contributed by atoms with E-state index in [1.165, 1.54) is 10.7 Å². The molecule has 0 spiro atoms. The topological polar surface area (TPSA) is 85.1 Å². The highest BCUT2D eigenvalue weighted by Crippen LogP contribution is 2.14. The van der Waals surface area contributed by atoms with Crippen LogP contribution >= 0.6 is 11.8 Å². The zero-order valence-electron chi connectivity index (χ0n) is 17.2. The first-order valence-corrected chi connectivity index (χ1v) is 10.8. The minimum atomic E-state index is -0.380. The van der Waals surface area contributed by atoms with Crippen molar-refractivity contribution in [2.75, 3.05) is 16.8 Å². The van der Waals surface area contributed by atoms with Gasteiger partial charge in [-0.3, -0.25) is 19.1 Å². The highest BCUT2D eigenvalue weighted by Gasteiger charge is 2.18. The van der Waals surface area contributed by atoms with Crippen molar-refractivity contribution in [1.82, 2.24) is 14.7 Å². The van der Waals surface area contributed by atoms with Crippen molar-refractivity contribution in [3.8, 4) is 5.69 Å². The largest absolute Gasteiger partial charge is 0.351 e. The zero-order valence-corrected chi connectivity index (χ0v) is 18.0. The van der Waals surface area contributed by atoms with Crippen molar-refractivity contribution >= 4 is 29.3 Å². The second-order valence-electron chi connectivity index (χ2n) is 6.85. The summed E-state index contributed by atoms with van der Waals surface area (Å²) < 4.78 is 16.7. The Morgan fingerprint density at radius 2 is 1.65 bits per heavy atom. The summed E-state index contributed by atoms with van der Waals surface area (Å²) >= 11 is 1.11. The van der Waals surface area contributed by atoms with E-state index in [0.29, 0.717) is 16.9 Å². The standard InChI is InChI=1S/C22H23FN4O3S/c1-15-21(22(30)27(26(15)2)17-9-4-3-5-10-17)25-20(29)14-31-13-19(28)24-12-16-8-6-7-11-18(16)23/h3-11H,12-14H2,1-2H3,(H,24,28)(H,25,29). The van der Waals surface area contributed by atoms with E-state index in [0.717, 1.165) is 11.8 Å². The summed E-state index contributed by atoms with van der Waals surface area (Å²) in [4.78, 5) is 37.0. The first-order valence-electron chi connectivity index (χ1n) is 9.60. The molecule has 0 atom stereocenters. The fourth-order valence-corrected chi connectivity index (χ4v) is 3.66. The summed E-state index contributed by atoms with van der Waals surface area (Å²) in [5.41, 5.74) is 1.59. The molecule has 0 saturated heterocycles. The third-order valence-corrected chi connectivity index (χ3v) is 5.65. The average molecular weight is 443 g/mol. The molecule has 0 unspecified atom stereocenters. The van der Waals surface area contributed by atoms with Gasteiger partial charge in [0, 0.05) is 19.2 Å². The van der Waals surface area contributed by atoms with Crippen LogP contribution in [0.3, 0.4) is 0 Å². The molecular weight excluding hydrogens is 419 g/mol. The molecule has 0 radical (unpaired) electrons. The molecule has 162 valence electrons. The van der Waals surface area contributed by atoms with E-state index in [1.807, 2.05) is 30.3 Å². The summed E-state index contributed by atoms with van der Waals surface area (Å²) in [5.74, 6) is -1.01. The van der Waals surface area contributed by atoms with Crippen LogP contribution in [0.2, 0.25) is 0 Å². The number of anilines is 1. The summed E-state index contributed by atoms with van der Waals surface area (Å²) in [6.45, 7) is 1.83. The maximum atomic E-state index is 13.6. The van der Waals surface area contributed by atoms with Crippen molar-refractivity contribution in [1.29, 1.82) is 0 Å². The van der Waals surface area contributed by atoms with Crippen LogP contribution in [0.5, 0.6) is 0 Å². The maximum Gasteiger partial charge on any atom is 0.295 e. The van der Waals surface area contributed by atoms with E-state index >= 15 is 0 Å². The van der Waals surface area contributed by atoms with Gasteiger partial charge in [-0.15, -0.1) is 11.8 Å². The molecule has 3 aromatic rings. The number of aromatic nitrogens is 2. The minimum Gasteiger partial charge on any atom is -0.351 e. The van der Waals surface area contributed by atoms with Gasteiger partial charge in [0.25, 0.3) is 5.56 Å². The molecule has 9 heteroatoms. The molecule has 1 aromatic heterocycles. The van der Waals surface area contributed by atoms with Gasteiger partial charge in [-0.25, -0.2) is 9.07 Å². The number of para-hydroxylation sites is 1. The Labute approximate surface area is 183 Å².